The molecule has 2 N–H and O–H groups in total. The molecule has 160 valence electrons. The van der Waals surface area contributed by atoms with Crippen molar-refractivity contribution in [1.29, 1.82) is 0 Å². The Bertz CT molecular complexity index is 1060. The van der Waals surface area contributed by atoms with Crippen LogP contribution in [0.1, 0.15) is 27.7 Å². The summed E-state index contributed by atoms with van der Waals surface area (Å²) in [7, 11) is -7.67. The van der Waals surface area contributed by atoms with Gasteiger partial charge in [-0.25, -0.2) is 8.42 Å². The van der Waals surface area contributed by atoms with Gasteiger partial charge in [-0.2, -0.15) is 12.7 Å². The van der Waals surface area contributed by atoms with Gasteiger partial charge in [0.1, 0.15) is 0 Å². The molecule has 2 rings (SSSR count). The van der Waals surface area contributed by atoms with E-state index in [1.165, 1.54) is 28.6 Å². The van der Waals surface area contributed by atoms with Crippen LogP contribution in [0, 0.1) is 5.92 Å². The van der Waals surface area contributed by atoms with E-state index in [0.29, 0.717) is 24.4 Å². The quantitative estimate of drug-likeness (QED) is 0.544. The van der Waals surface area contributed by atoms with Crippen LogP contribution < -0.4 is 10.0 Å². The summed E-state index contributed by atoms with van der Waals surface area (Å²) in [6.07, 6.45) is 0. The summed E-state index contributed by atoms with van der Waals surface area (Å²) >= 11 is 0.715. The Kier molecular flexibility index (Phi) is 7.32. The van der Waals surface area contributed by atoms with E-state index in [-0.39, 0.29) is 31.9 Å². The van der Waals surface area contributed by atoms with Crippen molar-refractivity contribution in [2.24, 2.45) is 5.92 Å². The van der Waals surface area contributed by atoms with Gasteiger partial charge < -0.3 is 5.32 Å². The van der Waals surface area contributed by atoms with Crippen molar-refractivity contribution >= 4 is 48.1 Å². The van der Waals surface area contributed by atoms with Crippen LogP contribution >= 0.6 is 11.3 Å². The lowest BCUT2D eigenvalue weighted by molar-refractivity contribution is -0.118. The molecule has 0 aliphatic heterocycles. The molecule has 0 aliphatic rings. The first-order valence-electron chi connectivity index (χ1n) is 8.78. The number of carbonyl (C=O) groups is 1. The van der Waals surface area contributed by atoms with Crippen LogP contribution in [-0.2, 0) is 24.8 Å². The minimum Gasteiger partial charge on any atom is -0.300 e. The lowest BCUT2D eigenvalue weighted by atomic mass is 10.2. The number of carbonyl (C=O) groups excluding carboxylic acids is 1. The monoisotopic (exact) mass is 461 g/mol. The molecule has 1 aromatic heterocycles. The average molecular weight is 462 g/mol. The Hall–Kier alpha value is -2.09. The van der Waals surface area contributed by atoms with Crippen molar-refractivity contribution in [2.45, 2.75) is 36.9 Å². The van der Waals surface area contributed by atoms with Crippen LogP contribution in [0.2, 0.25) is 0 Å². The van der Waals surface area contributed by atoms with Crippen LogP contribution in [0.3, 0.4) is 0 Å². The van der Waals surface area contributed by atoms with Gasteiger partial charge in [-0.1, -0.05) is 39.0 Å². The number of rotatable bonds is 9. The highest BCUT2D eigenvalue weighted by Crippen LogP contribution is 2.24. The SMILES string of the molecule is CCN(CC)S(=O)(=O)c1ccc(NS(=O)(=O)c2nnc(NC(=O)C(C)C)s2)cc1. The Balaban J connectivity index is 2.17. The summed E-state index contributed by atoms with van der Waals surface area (Å²) in [6, 6.07) is 5.38. The van der Waals surface area contributed by atoms with Crippen LogP contribution in [0.4, 0.5) is 10.8 Å². The molecule has 0 bridgehead atoms. The number of nitrogens with zero attached hydrogens (tertiary/aromatic N) is 3. The molecule has 1 amide bonds. The lowest BCUT2D eigenvalue weighted by Gasteiger charge is -2.18. The molecule has 0 spiro atoms. The smallest absolute Gasteiger partial charge is 0.291 e. The molecule has 0 radical (unpaired) electrons. The Morgan fingerprint density at radius 3 is 2.17 bits per heavy atom. The first-order valence-corrected chi connectivity index (χ1v) is 12.5. The molecule has 2 aromatic rings. The normalized spacial score (nSPS) is 12.3. The minimum atomic E-state index is -4.04. The minimum absolute atomic E-state index is 0.0683. The van der Waals surface area contributed by atoms with E-state index in [2.05, 4.69) is 20.2 Å². The third-order valence-electron chi connectivity index (χ3n) is 3.84. The maximum absolute atomic E-state index is 12.5. The molecule has 0 saturated carbocycles. The molecule has 29 heavy (non-hydrogen) atoms. The Morgan fingerprint density at radius 2 is 1.66 bits per heavy atom. The van der Waals surface area contributed by atoms with Crippen LogP contribution in [0.25, 0.3) is 0 Å². The van der Waals surface area contributed by atoms with Crippen molar-refractivity contribution in [3.8, 4) is 0 Å². The third kappa shape index (κ3) is 5.50. The number of hydrogen-bond acceptors (Lipinski definition) is 8. The average Bonchev–Trinajstić information content (AvgIpc) is 3.12. The second-order valence-electron chi connectivity index (χ2n) is 6.24. The number of amides is 1. The standard InChI is InChI=1S/C16H23N5O5S3/c1-5-21(6-2)29(25,26)13-9-7-12(8-10-13)20-28(23,24)16-19-18-15(27-16)17-14(22)11(3)4/h7-11,20H,5-6H2,1-4H3,(H,17,18,22). The van der Waals surface area contributed by atoms with Gasteiger partial charge in [0.25, 0.3) is 14.4 Å². The van der Waals surface area contributed by atoms with Gasteiger partial charge in [0.05, 0.1) is 4.90 Å². The largest absolute Gasteiger partial charge is 0.300 e. The lowest BCUT2D eigenvalue weighted by Crippen LogP contribution is -2.30. The zero-order chi connectivity index (χ0) is 21.8. The van der Waals surface area contributed by atoms with Crippen molar-refractivity contribution < 1.29 is 21.6 Å². The highest BCUT2D eigenvalue weighted by atomic mass is 32.2. The molecule has 0 aliphatic carbocycles. The van der Waals surface area contributed by atoms with E-state index in [1.54, 1.807) is 27.7 Å². The number of nitrogens with one attached hydrogen (secondary N) is 2. The van der Waals surface area contributed by atoms with Gasteiger partial charge in [0.15, 0.2) is 0 Å². The molecule has 1 aromatic carbocycles. The maximum Gasteiger partial charge on any atom is 0.291 e. The second-order valence-corrected chi connectivity index (χ2v) is 11.0. The summed E-state index contributed by atoms with van der Waals surface area (Å²) in [5.41, 5.74) is 0.173. The van der Waals surface area contributed by atoms with Crippen LogP contribution in [-0.4, -0.2) is 50.3 Å². The number of hydrogen-bond donors (Lipinski definition) is 2. The molecule has 0 unspecified atom stereocenters. The van der Waals surface area contributed by atoms with Gasteiger partial charge in [0.2, 0.25) is 21.1 Å². The molecule has 13 heteroatoms. The van der Waals surface area contributed by atoms with E-state index in [4.69, 9.17) is 0 Å². The van der Waals surface area contributed by atoms with Gasteiger partial charge in [-0.15, -0.1) is 10.2 Å². The maximum atomic E-state index is 12.5. The van der Waals surface area contributed by atoms with Crippen molar-refractivity contribution in [1.82, 2.24) is 14.5 Å². The predicted octanol–water partition coefficient (Wildman–Crippen LogP) is 1.96. The van der Waals surface area contributed by atoms with E-state index < -0.39 is 20.0 Å². The molecular formula is C16H23N5O5S3. The van der Waals surface area contributed by atoms with Gasteiger partial charge in [-0.3, -0.25) is 9.52 Å². The summed E-state index contributed by atoms with van der Waals surface area (Å²) in [5.74, 6) is -0.591. The Labute approximate surface area is 174 Å². The fourth-order valence-corrected chi connectivity index (χ4v) is 5.65. The number of benzene rings is 1. The summed E-state index contributed by atoms with van der Waals surface area (Å²) in [5, 5.41) is 9.82. The summed E-state index contributed by atoms with van der Waals surface area (Å²) < 4.78 is 53.2. The molecule has 0 atom stereocenters. The van der Waals surface area contributed by atoms with E-state index in [0.717, 1.165) is 0 Å². The van der Waals surface area contributed by atoms with Crippen LogP contribution in [0.5, 0.6) is 0 Å². The van der Waals surface area contributed by atoms with E-state index in [9.17, 15) is 21.6 Å². The number of aromatic nitrogens is 2. The Morgan fingerprint density at radius 1 is 1.07 bits per heavy atom. The molecule has 0 saturated heterocycles. The molecule has 0 fully saturated rings. The van der Waals surface area contributed by atoms with E-state index >= 15 is 0 Å². The molecule has 10 nitrogen and oxygen atoms in total. The highest BCUT2D eigenvalue weighted by Gasteiger charge is 2.24. The second kappa shape index (κ2) is 9.15. The van der Waals surface area contributed by atoms with E-state index in [1.807, 2.05) is 0 Å². The number of sulfonamides is 2. The predicted molar refractivity (Wildman–Crippen MR) is 111 cm³/mol. The van der Waals surface area contributed by atoms with Crippen molar-refractivity contribution in [3.63, 3.8) is 0 Å². The summed E-state index contributed by atoms with van der Waals surface area (Å²) in [6.45, 7) is 7.53. The topological polar surface area (TPSA) is 138 Å². The number of anilines is 2. The molecular weight excluding hydrogens is 438 g/mol. The van der Waals surface area contributed by atoms with Gasteiger partial charge in [-0.05, 0) is 24.3 Å². The third-order valence-corrected chi connectivity index (χ3v) is 8.49. The zero-order valence-electron chi connectivity index (χ0n) is 16.4. The first kappa shape index (κ1) is 23.2. The van der Waals surface area contributed by atoms with Crippen molar-refractivity contribution in [3.05, 3.63) is 24.3 Å². The fraction of sp³-hybridized carbons (Fsp3) is 0.438. The highest BCUT2D eigenvalue weighted by molar-refractivity contribution is 7.94. The zero-order valence-corrected chi connectivity index (χ0v) is 18.9. The van der Waals surface area contributed by atoms with Gasteiger partial charge in [0, 0.05) is 24.7 Å². The van der Waals surface area contributed by atoms with Crippen molar-refractivity contribution in [2.75, 3.05) is 23.1 Å². The fourth-order valence-electron chi connectivity index (χ4n) is 2.22. The first-order chi connectivity index (χ1) is 13.5. The van der Waals surface area contributed by atoms with Crippen LogP contribution in [0.15, 0.2) is 33.5 Å². The summed E-state index contributed by atoms with van der Waals surface area (Å²) in [4.78, 5) is 11.7. The molecule has 1 heterocycles. The van der Waals surface area contributed by atoms with Gasteiger partial charge >= 0.3 is 0 Å².